The molecule has 0 bridgehead atoms. The lowest BCUT2D eigenvalue weighted by Crippen LogP contribution is -2.47. The molecule has 2 aromatic rings. The van der Waals surface area contributed by atoms with Crippen LogP contribution in [0, 0.1) is 0 Å². The van der Waals surface area contributed by atoms with Crippen LogP contribution >= 0.6 is 34.8 Å². The van der Waals surface area contributed by atoms with Crippen molar-refractivity contribution in [1.82, 2.24) is 10.0 Å². The van der Waals surface area contributed by atoms with E-state index in [1.807, 2.05) is 6.92 Å². The molecule has 0 heterocycles. The number of nitrogens with one attached hydrogen (secondary N) is 2. The van der Waals surface area contributed by atoms with Gasteiger partial charge in [-0.25, -0.2) is 8.42 Å². The van der Waals surface area contributed by atoms with Crippen LogP contribution in [0.25, 0.3) is 0 Å². The van der Waals surface area contributed by atoms with Gasteiger partial charge in [-0.1, -0.05) is 54.2 Å². The van der Waals surface area contributed by atoms with Crippen molar-refractivity contribution in [1.29, 1.82) is 0 Å². The molecule has 28 heavy (non-hydrogen) atoms. The molecule has 2 N–H and O–H groups in total. The summed E-state index contributed by atoms with van der Waals surface area (Å²) in [5, 5.41) is 4.26. The van der Waals surface area contributed by atoms with E-state index in [0.29, 0.717) is 40.9 Å². The largest absolute Gasteiger partial charge is 0.354 e. The predicted octanol–water partition coefficient (Wildman–Crippen LogP) is 4.45. The average molecular weight is 464 g/mol. The Labute approximate surface area is 180 Å². The Balaban J connectivity index is 1.99. The first-order chi connectivity index (χ1) is 13.2. The summed E-state index contributed by atoms with van der Waals surface area (Å²) in [6, 6.07) is 10.1. The van der Waals surface area contributed by atoms with Gasteiger partial charge in [0.15, 0.2) is 0 Å². The number of sulfonamides is 1. The highest BCUT2D eigenvalue weighted by Gasteiger charge is 2.24. The minimum atomic E-state index is -3.84. The molecule has 0 aromatic heterocycles. The Kier molecular flexibility index (Phi) is 8.58. The van der Waals surface area contributed by atoms with Gasteiger partial charge in [-0.2, -0.15) is 4.72 Å². The molecule has 1 amide bonds. The fourth-order valence-corrected chi connectivity index (χ4v) is 4.43. The number of carbonyl (C=O) groups excluding carboxylic acids is 1. The highest BCUT2D eigenvalue weighted by Crippen LogP contribution is 2.21. The minimum Gasteiger partial charge on any atom is -0.354 e. The Morgan fingerprint density at radius 3 is 2.29 bits per heavy atom. The molecule has 9 heteroatoms. The standard InChI is InChI=1S/C19H21Cl3N2O3S/c1-2-3-18(24-28(26,27)16-8-6-14(20)7-9-16)19(25)23-11-10-13-4-5-15(21)12-17(13)22/h4-9,12,18,24H,2-3,10-11H2,1H3,(H,23,25). The number of benzene rings is 2. The van der Waals surface area contributed by atoms with E-state index in [1.165, 1.54) is 24.3 Å². The summed E-state index contributed by atoms with van der Waals surface area (Å²) in [5.74, 6) is -0.385. The van der Waals surface area contributed by atoms with E-state index < -0.39 is 16.1 Å². The second kappa shape index (κ2) is 10.5. The Morgan fingerprint density at radius 2 is 1.68 bits per heavy atom. The van der Waals surface area contributed by atoms with Crippen molar-refractivity contribution in [2.24, 2.45) is 0 Å². The second-order valence-electron chi connectivity index (χ2n) is 6.19. The van der Waals surface area contributed by atoms with Gasteiger partial charge >= 0.3 is 0 Å². The van der Waals surface area contributed by atoms with Crippen LogP contribution in [-0.4, -0.2) is 26.9 Å². The number of amides is 1. The van der Waals surface area contributed by atoms with Crippen LogP contribution in [0.3, 0.4) is 0 Å². The van der Waals surface area contributed by atoms with Gasteiger partial charge < -0.3 is 5.32 Å². The van der Waals surface area contributed by atoms with Crippen molar-refractivity contribution in [3.8, 4) is 0 Å². The lowest BCUT2D eigenvalue weighted by Gasteiger charge is -2.18. The molecular formula is C19H21Cl3N2O3S. The fraction of sp³-hybridized carbons (Fsp3) is 0.316. The third kappa shape index (κ3) is 6.64. The highest BCUT2D eigenvalue weighted by molar-refractivity contribution is 7.89. The molecule has 2 aromatic carbocycles. The van der Waals surface area contributed by atoms with Crippen molar-refractivity contribution in [3.05, 3.63) is 63.1 Å². The van der Waals surface area contributed by atoms with Crippen molar-refractivity contribution in [2.75, 3.05) is 6.54 Å². The van der Waals surface area contributed by atoms with E-state index in [2.05, 4.69) is 10.0 Å². The van der Waals surface area contributed by atoms with Gasteiger partial charge in [0.1, 0.15) is 6.04 Å². The molecule has 2 rings (SSSR count). The molecule has 5 nitrogen and oxygen atoms in total. The molecule has 0 saturated carbocycles. The van der Waals surface area contributed by atoms with Crippen molar-refractivity contribution < 1.29 is 13.2 Å². The first-order valence-electron chi connectivity index (χ1n) is 8.72. The Bertz CT molecular complexity index is 919. The van der Waals surface area contributed by atoms with Gasteiger partial charge in [0.05, 0.1) is 4.90 Å². The molecule has 0 aliphatic carbocycles. The summed E-state index contributed by atoms with van der Waals surface area (Å²) in [5.41, 5.74) is 0.847. The first-order valence-corrected chi connectivity index (χ1v) is 11.3. The zero-order chi connectivity index (χ0) is 20.7. The quantitative estimate of drug-likeness (QED) is 0.577. The molecule has 1 atom stereocenters. The molecule has 0 aliphatic heterocycles. The van der Waals surface area contributed by atoms with Gasteiger partial charge in [0, 0.05) is 21.6 Å². The summed E-state index contributed by atoms with van der Waals surface area (Å²) in [4.78, 5) is 12.6. The number of carbonyl (C=O) groups is 1. The van der Waals surface area contributed by atoms with Gasteiger partial charge in [-0.05, 0) is 54.8 Å². The Morgan fingerprint density at radius 1 is 1.04 bits per heavy atom. The summed E-state index contributed by atoms with van der Waals surface area (Å²) < 4.78 is 27.6. The molecule has 1 unspecified atom stereocenters. The van der Waals surface area contributed by atoms with Crippen molar-refractivity contribution in [2.45, 2.75) is 37.1 Å². The number of hydrogen-bond acceptors (Lipinski definition) is 3. The van der Waals surface area contributed by atoms with E-state index in [-0.39, 0.29) is 10.8 Å². The smallest absolute Gasteiger partial charge is 0.241 e. The van der Waals surface area contributed by atoms with Crippen LogP contribution in [-0.2, 0) is 21.2 Å². The Hall–Kier alpha value is -1.31. The van der Waals surface area contributed by atoms with E-state index in [1.54, 1.807) is 18.2 Å². The topological polar surface area (TPSA) is 75.3 Å². The maximum absolute atomic E-state index is 12.5. The SMILES string of the molecule is CCCC(NS(=O)(=O)c1ccc(Cl)cc1)C(=O)NCCc1ccc(Cl)cc1Cl. The van der Waals surface area contributed by atoms with Gasteiger partial charge in [-0.15, -0.1) is 0 Å². The van der Waals surface area contributed by atoms with Crippen molar-refractivity contribution in [3.63, 3.8) is 0 Å². The molecule has 0 saturated heterocycles. The molecular weight excluding hydrogens is 443 g/mol. The second-order valence-corrected chi connectivity index (χ2v) is 9.19. The number of hydrogen-bond donors (Lipinski definition) is 2. The molecule has 152 valence electrons. The fourth-order valence-electron chi connectivity index (χ4n) is 2.57. The predicted molar refractivity (Wildman–Crippen MR) is 114 cm³/mol. The third-order valence-electron chi connectivity index (χ3n) is 4.02. The van der Waals surface area contributed by atoms with Crippen LogP contribution in [0.15, 0.2) is 47.4 Å². The van der Waals surface area contributed by atoms with E-state index in [9.17, 15) is 13.2 Å². The average Bonchev–Trinajstić information content (AvgIpc) is 2.63. The van der Waals surface area contributed by atoms with E-state index >= 15 is 0 Å². The van der Waals surface area contributed by atoms with Crippen LogP contribution in [0.1, 0.15) is 25.3 Å². The van der Waals surface area contributed by atoms with Gasteiger partial charge in [0.25, 0.3) is 0 Å². The molecule has 0 spiro atoms. The third-order valence-corrected chi connectivity index (χ3v) is 6.35. The zero-order valence-corrected chi connectivity index (χ0v) is 18.3. The van der Waals surface area contributed by atoms with Gasteiger partial charge in [0.2, 0.25) is 15.9 Å². The monoisotopic (exact) mass is 462 g/mol. The number of rotatable bonds is 9. The number of halogens is 3. The molecule has 0 aliphatic rings. The summed E-state index contributed by atoms with van der Waals surface area (Å²) in [7, 11) is -3.84. The summed E-state index contributed by atoms with van der Waals surface area (Å²) >= 11 is 17.8. The normalized spacial score (nSPS) is 12.6. The van der Waals surface area contributed by atoms with Crippen LogP contribution in [0.4, 0.5) is 0 Å². The van der Waals surface area contributed by atoms with Crippen LogP contribution in [0.5, 0.6) is 0 Å². The minimum absolute atomic E-state index is 0.0544. The molecule has 0 fully saturated rings. The summed E-state index contributed by atoms with van der Waals surface area (Å²) in [6.07, 6.45) is 1.52. The zero-order valence-electron chi connectivity index (χ0n) is 15.2. The molecule has 0 radical (unpaired) electrons. The maximum atomic E-state index is 12.5. The maximum Gasteiger partial charge on any atom is 0.241 e. The van der Waals surface area contributed by atoms with Gasteiger partial charge in [-0.3, -0.25) is 4.79 Å². The first kappa shape index (κ1) is 23.0. The van der Waals surface area contributed by atoms with E-state index in [0.717, 1.165) is 5.56 Å². The van der Waals surface area contributed by atoms with Crippen molar-refractivity contribution >= 4 is 50.7 Å². The summed E-state index contributed by atoms with van der Waals surface area (Å²) in [6.45, 7) is 2.20. The lowest BCUT2D eigenvalue weighted by atomic mass is 10.1. The highest BCUT2D eigenvalue weighted by atomic mass is 35.5. The van der Waals surface area contributed by atoms with E-state index in [4.69, 9.17) is 34.8 Å². The lowest BCUT2D eigenvalue weighted by molar-refractivity contribution is -0.122. The van der Waals surface area contributed by atoms with Crippen LogP contribution < -0.4 is 10.0 Å². The van der Waals surface area contributed by atoms with Crippen LogP contribution in [0.2, 0.25) is 15.1 Å².